The van der Waals surface area contributed by atoms with Crippen molar-refractivity contribution in [2.24, 2.45) is 5.41 Å². The van der Waals surface area contributed by atoms with Crippen LogP contribution in [-0.2, 0) is 12.6 Å². The number of hydrogen-bond acceptors (Lipinski definition) is 5. The van der Waals surface area contributed by atoms with Crippen LogP contribution >= 0.6 is 0 Å². The van der Waals surface area contributed by atoms with E-state index in [-0.39, 0.29) is 31.0 Å². The largest absolute Gasteiger partial charge is 0.530 e. The number of rotatable bonds is 3. The average molecular weight is 467 g/mol. The predicted molar refractivity (Wildman–Crippen MR) is 113 cm³/mol. The zero-order chi connectivity index (χ0) is 24.1. The number of carbonyl (C=O) groups is 2. The number of ketones is 1. The van der Waals surface area contributed by atoms with E-state index >= 15 is 0 Å². The SMILES string of the molecule is O=C([O-])N1CCC2=Cc3c(cnn3-c3ccc(C(F)(F)F)cc3)CC2(C(=O)c2ccccn2)C1. The Morgan fingerprint density at radius 3 is 2.50 bits per heavy atom. The highest BCUT2D eigenvalue weighted by molar-refractivity contribution is 6.03. The van der Waals surface area contributed by atoms with Crippen molar-refractivity contribution < 1.29 is 27.9 Å². The number of benzene rings is 1. The Labute approximate surface area is 192 Å². The molecular weight excluding hydrogens is 449 g/mol. The molecule has 0 N–H and O–H groups in total. The van der Waals surface area contributed by atoms with E-state index in [2.05, 4.69) is 10.1 Å². The predicted octanol–water partition coefficient (Wildman–Crippen LogP) is 3.14. The number of likely N-dealkylation sites (tertiary alicyclic amines) is 1. The van der Waals surface area contributed by atoms with E-state index in [1.807, 2.05) is 0 Å². The Morgan fingerprint density at radius 1 is 1.09 bits per heavy atom. The second-order valence-electron chi connectivity index (χ2n) is 8.42. The molecule has 0 saturated carbocycles. The zero-order valence-electron chi connectivity index (χ0n) is 17.7. The number of carbonyl (C=O) groups excluding carboxylic acids is 2. The van der Waals surface area contributed by atoms with E-state index in [9.17, 15) is 27.9 Å². The molecule has 0 radical (unpaired) electrons. The number of hydrogen-bond donors (Lipinski definition) is 0. The molecule has 5 rings (SSSR count). The Morgan fingerprint density at radius 2 is 1.85 bits per heavy atom. The van der Waals surface area contributed by atoms with Gasteiger partial charge in [0.25, 0.3) is 0 Å². The van der Waals surface area contributed by atoms with Gasteiger partial charge in [-0.3, -0.25) is 9.78 Å². The first-order chi connectivity index (χ1) is 16.2. The van der Waals surface area contributed by atoms with E-state index < -0.39 is 23.2 Å². The minimum absolute atomic E-state index is 0.0680. The molecule has 1 aliphatic carbocycles. The fourth-order valence-corrected chi connectivity index (χ4v) is 4.75. The van der Waals surface area contributed by atoms with Crippen molar-refractivity contribution in [1.29, 1.82) is 0 Å². The highest BCUT2D eigenvalue weighted by Crippen LogP contribution is 2.46. The zero-order valence-corrected chi connectivity index (χ0v) is 17.7. The molecule has 7 nitrogen and oxygen atoms in total. The minimum Gasteiger partial charge on any atom is -0.530 e. The Bertz CT molecular complexity index is 1300. The minimum atomic E-state index is -4.44. The number of Topliss-reactive ketones (excluding diaryl/α,β-unsaturated/α-hetero) is 1. The first-order valence-electron chi connectivity index (χ1n) is 10.6. The van der Waals surface area contributed by atoms with Gasteiger partial charge in [0.05, 0.1) is 28.6 Å². The molecule has 1 saturated heterocycles. The second kappa shape index (κ2) is 7.82. The molecule has 1 unspecified atom stereocenters. The van der Waals surface area contributed by atoms with Gasteiger partial charge in [-0.25, -0.2) is 4.68 Å². The van der Waals surface area contributed by atoms with Crippen molar-refractivity contribution in [2.75, 3.05) is 13.1 Å². The highest BCUT2D eigenvalue weighted by Gasteiger charge is 2.49. The van der Waals surface area contributed by atoms with E-state index in [1.165, 1.54) is 23.0 Å². The first kappa shape index (κ1) is 21.9. The quantitative estimate of drug-likeness (QED) is 0.552. The lowest BCUT2D eigenvalue weighted by atomic mass is 9.65. The molecule has 1 aliphatic heterocycles. The van der Waals surface area contributed by atoms with Crippen LogP contribution in [0.1, 0.15) is 33.7 Å². The molecule has 1 atom stereocenters. The molecule has 34 heavy (non-hydrogen) atoms. The number of pyridine rings is 1. The normalized spacial score (nSPS) is 19.7. The topological polar surface area (TPSA) is 91.1 Å². The van der Waals surface area contributed by atoms with Gasteiger partial charge >= 0.3 is 6.18 Å². The van der Waals surface area contributed by atoms with Crippen LogP contribution in [0.15, 0.2) is 60.4 Å². The molecule has 0 bridgehead atoms. The number of fused-ring (bicyclic) bond motifs is 2. The Balaban J connectivity index is 1.58. The van der Waals surface area contributed by atoms with Crippen LogP contribution in [0.4, 0.5) is 18.0 Å². The summed E-state index contributed by atoms with van der Waals surface area (Å²) in [6, 6.07) is 9.64. The van der Waals surface area contributed by atoms with Crippen LogP contribution in [0, 0.1) is 5.41 Å². The lowest BCUT2D eigenvalue weighted by molar-refractivity contribution is -0.267. The Hall–Kier alpha value is -3.95. The fourth-order valence-electron chi connectivity index (χ4n) is 4.75. The van der Waals surface area contributed by atoms with E-state index in [4.69, 9.17) is 0 Å². The number of nitrogens with zero attached hydrogens (tertiary/aromatic N) is 4. The molecule has 10 heteroatoms. The first-order valence-corrected chi connectivity index (χ1v) is 10.6. The van der Waals surface area contributed by atoms with Gasteiger partial charge in [0, 0.05) is 19.3 Å². The number of halogens is 3. The molecule has 2 aromatic heterocycles. The molecule has 1 fully saturated rings. The van der Waals surface area contributed by atoms with Crippen LogP contribution in [0.3, 0.4) is 0 Å². The molecular formula is C24H18F3N4O3-. The lowest BCUT2D eigenvalue weighted by Crippen LogP contribution is -2.56. The van der Waals surface area contributed by atoms with Crippen molar-refractivity contribution >= 4 is 18.0 Å². The van der Waals surface area contributed by atoms with Crippen LogP contribution < -0.4 is 5.11 Å². The van der Waals surface area contributed by atoms with E-state index in [1.54, 1.807) is 30.5 Å². The molecule has 3 aromatic rings. The molecule has 174 valence electrons. The van der Waals surface area contributed by atoms with Crippen molar-refractivity contribution in [1.82, 2.24) is 19.7 Å². The van der Waals surface area contributed by atoms with Gasteiger partial charge in [-0.2, -0.15) is 18.3 Å². The standard InChI is InChI=1S/C24H19F3N4O3/c25-24(26,27)16-4-6-18(7-5-16)31-20-11-17-8-10-30(22(33)34)14-23(17,12-15(20)13-29-31)21(32)19-3-1-2-9-28-19/h1-7,9,11,13H,8,10,12,14H2,(H,33,34)/p-1. The van der Waals surface area contributed by atoms with Crippen molar-refractivity contribution in [3.63, 3.8) is 0 Å². The summed E-state index contributed by atoms with van der Waals surface area (Å²) in [6.45, 7) is 0.108. The van der Waals surface area contributed by atoms with Gasteiger partial charge in [0.2, 0.25) is 0 Å². The summed E-state index contributed by atoms with van der Waals surface area (Å²) < 4.78 is 40.4. The summed E-state index contributed by atoms with van der Waals surface area (Å²) in [4.78, 5) is 30.6. The third kappa shape index (κ3) is 3.55. The summed E-state index contributed by atoms with van der Waals surface area (Å²) >= 11 is 0. The molecule has 0 spiro atoms. The smallest absolute Gasteiger partial charge is 0.416 e. The van der Waals surface area contributed by atoms with Gasteiger partial charge < -0.3 is 14.8 Å². The number of carboxylic acid groups (broad SMARTS) is 1. The van der Waals surface area contributed by atoms with Crippen molar-refractivity contribution in [3.8, 4) is 5.69 Å². The van der Waals surface area contributed by atoms with E-state index in [0.29, 0.717) is 23.4 Å². The second-order valence-corrected chi connectivity index (χ2v) is 8.42. The lowest BCUT2D eigenvalue weighted by Gasteiger charge is -2.46. The molecule has 1 amide bonds. The molecule has 2 aliphatic rings. The average Bonchev–Trinajstić information content (AvgIpc) is 3.24. The third-order valence-corrected chi connectivity index (χ3v) is 6.45. The number of alkyl halides is 3. The maximum atomic E-state index is 13.7. The van der Waals surface area contributed by atoms with Gasteiger partial charge in [-0.1, -0.05) is 11.6 Å². The van der Waals surface area contributed by atoms with Crippen molar-refractivity contribution in [2.45, 2.75) is 19.0 Å². The summed E-state index contributed by atoms with van der Waals surface area (Å²) in [5, 5.41) is 16.0. The summed E-state index contributed by atoms with van der Waals surface area (Å²) in [6.07, 6.45) is -0.425. The third-order valence-electron chi connectivity index (χ3n) is 6.45. The maximum Gasteiger partial charge on any atom is 0.416 e. The van der Waals surface area contributed by atoms with Gasteiger partial charge in [-0.05, 0) is 60.9 Å². The van der Waals surface area contributed by atoms with Gasteiger partial charge in [0.15, 0.2) is 5.78 Å². The van der Waals surface area contributed by atoms with Gasteiger partial charge in [-0.15, -0.1) is 0 Å². The summed E-state index contributed by atoms with van der Waals surface area (Å²) in [5.41, 5.74) is 0.837. The van der Waals surface area contributed by atoms with Crippen LogP contribution in [0.25, 0.3) is 11.8 Å². The highest BCUT2D eigenvalue weighted by atomic mass is 19.4. The van der Waals surface area contributed by atoms with Crippen LogP contribution in [0.2, 0.25) is 0 Å². The number of amides is 1. The monoisotopic (exact) mass is 467 g/mol. The molecule has 1 aromatic carbocycles. The van der Waals surface area contributed by atoms with Crippen molar-refractivity contribution in [3.05, 3.63) is 82.9 Å². The van der Waals surface area contributed by atoms with Gasteiger partial charge in [0.1, 0.15) is 11.8 Å². The maximum absolute atomic E-state index is 13.7. The van der Waals surface area contributed by atoms with E-state index in [0.717, 1.165) is 22.6 Å². The van der Waals surface area contributed by atoms with Crippen LogP contribution in [-0.4, -0.2) is 44.6 Å². The summed E-state index contributed by atoms with van der Waals surface area (Å²) in [5.74, 6) is -0.293. The Kier molecular flexibility index (Phi) is 5.03. The number of aromatic nitrogens is 3. The summed E-state index contributed by atoms with van der Waals surface area (Å²) in [7, 11) is 0. The number of piperidine rings is 1. The molecule has 3 heterocycles. The fraction of sp³-hybridized carbons (Fsp3) is 0.250. The van der Waals surface area contributed by atoms with Crippen LogP contribution in [0.5, 0.6) is 0 Å².